The predicted octanol–water partition coefficient (Wildman–Crippen LogP) is 2.85. The van der Waals surface area contributed by atoms with Gasteiger partial charge in [-0.25, -0.2) is 0 Å². The molecular weight excluding hydrogens is 301 g/mol. The van der Waals surface area contributed by atoms with Crippen LogP contribution in [0.15, 0.2) is 24.3 Å². The molecule has 0 bridgehead atoms. The summed E-state index contributed by atoms with van der Waals surface area (Å²) >= 11 is 0. The van der Waals surface area contributed by atoms with Crippen molar-refractivity contribution in [1.29, 1.82) is 0 Å². The summed E-state index contributed by atoms with van der Waals surface area (Å²) in [4.78, 5) is 2.41. The highest BCUT2D eigenvalue weighted by Crippen LogP contribution is 2.36. The maximum absolute atomic E-state index is 6.09. The Morgan fingerprint density at radius 1 is 1.08 bits per heavy atom. The Kier molecular flexibility index (Phi) is 4.96. The van der Waals surface area contributed by atoms with Crippen molar-refractivity contribution in [2.24, 2.45) is 0 Å². The van der Waals surface area contributed by atoms with E-state index < -0.39 is 0 Å². The zero-order chi connectivity index (χ0) is 17.4. The van der Waals surface area contributed by atoms with Gasteiger partial charge in [0, 0.05) is 6.04 Å². The molecule has 0 spiro atoms. The van der Waals surface area contributed by atoms with Crippen LogP contribution in [-0.2, 0) is 9.31 Å². The highest BCUT2D eigenvalue weighted by Gasteiger charge is 2.51. The topological polar surface area (TPSA) is 30.9 Å². The van der Waals surface area contributed by atoms with Crippen molar-refractivity contribution in [2.75, 3.05) is 20.2 Å². The molecule has 1 aromatic rings. The van der Waals surface area contributed by atoms with Gasteiger partial charge in [0.25, 0.3) is 0 Å². The number of ether oxygens (including phenoxy) is 1. The largest absolute Gasteiger partial charge is 0.494 e. The molecule has 2 aliphatic rings. The fourth-order valence-electron chi connectivity index (χ4n) is 3.25. The second-order valence-corrected chi connectivity index (χ2v) is 8.10. The molecular formula is C19H30BNO3. The molecule has 132 valence electrons. The first-order chi connectivity index (χ1) is 11.3. The molecule has 0 saturated carbocycles. The van der Waals surface area contributed by atoms with Crippen molar-refractivity contribution >= 4 is 12.6 Å². The van der Waals surface area contributed by atoms with Gasteiger partial charge in [0.2, 0.25) is 0 Å². The van der Waals surface area contributed by atoms with Gasteiger partial charge in [-0.15, -0.1) is 0 Å². The zero-order valence-corrected chi connectivity index (χ0v) is 15.7. The van der Waals surface area contributed by atoms with Crippen LogP contribution in [-0.4, -0.2) is 49.5 Å². The lowest BCUT2D eigenvalue weighted by Gasteiger charge is -2.32. The van der Waals surface area contributed by atoms with Crippen LogP contribution in [0.2, 0.25) is 0 Å². The molecule has 0 N–H and O–H groups in total. The fraction of sp³-hybridized carbons (Fsp3) is 0.684. The van der Waals surface area contributed by atoms with Crippen LogP contribution in [0.5, 0.6) is 5.75 Å². The van der Waals surface area contributed by atoms with E-state index >= 15 is 0 Å². The average molecular weight is 331 g/mol. The first kappa shape index (κ1) is 17.8. The van der Waals surface area contributed by atoms with E-state index in [0.29, 0.717) is 6.04 Å². The number of nitrogens with zero attached hydrogens (tertiary/aromatic N) is 1. The van der Waals surface area contributed by atoms with E-state index in [0.717, 1.165) is 17.8 Å². The highest BCUT2D eigenvalue weighted by molar-refractivity contribution is 6.62. The molecule has 2 aliphatic heterocycles. The van der Waals surface area contributed by atoms with Gasteiger partial charge in [0.1, 0.15) is 12.4 Å². The highest BCUT2D eigenvalue weighted by atomic mass is 16.7. The van der Waals surface area contributed by atoms with Crippen LogP contribution >= 0.6 is 0 Å². The monoisotopic (exact) mass is 331 g/mol. The SMILES string of the molecule is CN1CCCCC1COc1ccc(B2OC(C)(C)C(C)(C)O2)cc1. The predicted molar refractivity (Wildman–Crippen MR) is 97.9 cm³/mol. The third kappa shape index (κ3) is 3.63. The van der Waals surface area contributed by atoms with Crippen molar-refractivity contribution in [3.63, 3.8) is 0 Å². The first-order valence-corrected chi connectivity index (χ1v) is 9.07. The number of hydrogen-bond acceptors (Lipinski definition) is 4. The van der Waals surface area contributed by atoms with Crippen molar-refractivity contribution in [3.8, 4) is 5.75 Å². The minimum absolute atomic E-state index is 0.307. The molecule has 4 nitrogen and oxygen atoms in total. The van der Waals surface area contributed by atoms with Crippen molar-refractivity contribution in [2.45, 2.75) is 64.2 Å². The van der Waals surface area contributed by atoms with Gasteiger partial charge < -0.3 is 18.9 Å². The third-order valence-electron chi connectivity index (χ3n) is 5.77. The second kappa shape index (κ2) is 6.70. The third-order valence-corrected chi connectivity index (χ3v) is 5.77. The Balaban J connectivity index is 1.58. The van der Waals surface area contributed by atoms with E-state index in [-0.39, 0.29) is 18.3 Å². The summed E-state index contributed by atoms with van der Waals surface area (Å²) in [6.45, 7) is 10.2. The van der Waals surface area contributed by atoms with E-state index in [1.807, 2.05) is 24.3 Å². The van der Waals surface area contributed by atoms with Gasteiger partial charge in [-0.3, -0.25) is 0 Å². The molecule has 0 radical (unpaired) electrons. The second-order valence-electron chi connectivity index (χ2n) is 8.10. The number of benzene rings is 1. The smallest absolute Gasteiger partial charge is 0.492 e. The summed E-state index contributed by atoms with van der Waals surface area (Å²) in [5.74, 6) is 0.911. The van der Waals surface area contributed by atoms with Crippen molar-refractivity contribution in [3.05, 3.63) is 24.3 Å². The Hall–Kier alpha value is -1.04. The van der Waals surface area contributed by atoms with E-state index in [2.05, 4.69) is 39.6 Å². The van der Waals surface area contributed by atoms with Gasteiger partial charge in [-0.1, -0.05) is 18.6 Å². The van der Waals surface area contributed by atoms with E-state index in [1.54, 1.807) is 0 Å². The van der Waals surface area contributed by atoms with Gasteiger partial charge >= 0.3 is 7.12 Å². The van der Waals surface area contributed by atoms with Crippen LogP contribution in [0, 0.1) is 0 Å². The molecule has 1 unspecified atom stereocenters. The summed E-state index contributed by atoms with van der Waals surface area (Å²) in [5.41, 5.74) is 0.423. The van der Waals surface area contributed by atoms with Gasteiger partial charge in [0.05, 0.1) is 11.2 Å². The fourth-order valence-corrected chi connectivity index (χ4v) is 3.25. The molecule has 1 atom stereocenters. The first-order valence-electron chi connectivity index (χ1n) is 9.07. The zero-order valence-electron chi connectivity index (χ0n) is 15.7. The minimum atomic E-state index is -0.312. The van der Waals surface area contributed by atoms with E-state index in [9.17, 15) is 0 Å². The summed E-state index contributed by atoms with van der Waals surface area (Å²) < 4.78 is 18.2. The minimum Gasteiger partial charge on any atom is -0.492 e. The molecule has 1 aromatic carbocycles. The summed E-state index contributed by atoms with van der Waals surface area (Å²) in [6.07, 6.45) is 3.83. The lowest BCUT2D eigenvalue weighted by atomic mass is 9.79. The van der Waals surface area contributed by atoms with E-state index in [1.165, 1.54) is 25.8 Å². The summed E-state index contributed by atoms with van der Waals surface area (Å²) in [7, 11) is 1.88. The van der Waals surface area contributed by atoms with Crippen molar-refractivity contribution in [1.82, 2.24) is 4.90 Å². The molecule has 2 saturated heterocycles. The van der Waals surface area contributed by atoms with Crippen LogP contribution in [0.25, 0.3) is 0 Å². The van der Waals surface area contributed by atoms with Gasteiger partial charge in [0.15, 0.2) is 0 Å². The standard InChI is InChI=1S/C19H30BNO3/c1-18(2)19(3,4)24-20(23-18)15-9-11-17(12-10-15)22-14-16-8-6-7-13-21(16)5/h9-12,16H,6-8,13-14H2,1-5H3. The molecule has 0 amide bonds. The summed E-state index contributed by atoms with van der Waals surface area (Å²) in [5, 5.41) is 0. The average Bonchev–Trinajstić information content (AvgIpc) is 2.75. The normalized spacial score (nSPS) is 26.5. The van der Waals surface area contributed by atoms with Crippen LogP contribution in [0.3, 0.4) is 0 Å². The Morgan fingerprint density at radius 3 is 2.29 bits per heavy atom. The Morgan fingerprint density at radius 2 is 1.71 bits per heavy atom. The number of piperidine rings is 1. The molecule has 2 fully saturated rings. The Labute approximate surface area is 146 Å². The number of likely N-dealkylation sites (N-methyl/N-ethyl adjacent to an activating group) is 1. The quantitative estimate of drug-likeness (QED) is 0.794. The maximum Gasteiger partial charge on any atom is 0.494 e. The van der Waals surface area contributed by atoms with Gasteiger partial charge in [-0.2, -0.15) is 0 Å². The van der Waals surface area contributed by atoms with Crippen LogP contribution < -0.4 is 10.2 Å². The lowest BCUT2D eigenvalue weighted by molar-refractivity contribution is 0.00578. The van der Waals surface area contributed by atoms with E-state index in [4.69, 9.17) is 14.0 Å². The van der Waals surface area contributed by atoms with Gasteiger partial charge in [-0.05, 0) is 71.7 Å². The van der Waals surface area contributed by atoms with Crippen LogP contribution in [0.1, 0.15) is 47.0 Å². The molecule has 24 heavy (non-hydrogen) atoms. The number of rotatable bonds is 4. The summed E-state index contributed by atoms with van der Waals surface area (Å²) in [6, 6.07) is 8.65. The van der Waals surface area contributed by atoms with Crippen LogP contribution in [0.4, 0.5) is 0 Å². The lowest BCUT2D eigenvalue weighted by Crippen LogP contribution is -2.41. The maximum atomic E-state index is 6.09. The molecule has 3 rings (SSSR count). The molecule has 0 aromatic heterocycles. The van der Waals surface area contributed by atoms with Crippen molar-refractivity contribution < 1.29 is 14.0 Å². The number of likely N-dealkylation sites (tertiary alicyclic amines) is 1. The molecule has 2 heterocycles. The molecule has 5 heteroatoms. The Bertz CT molecular complexity index is 542. The molecule has 0 aliphatic carbocycles. The number of hydrogen-bond donors (Lipinski definition) is 0.